The Hall–Kier alpha value is -1.37. The maximum absolute atomic E-state index is 12.5. The van der Waals surface area contributed by atoms with Crippen LogP contribution in [0.15, 0.2) is 46.7 Å². The molecule has 0 saturated heterocycles. The van der Waals surface area contributed by atoms with E-state index in [4.69, 9.17) is 4.74 Å². The summed E-state index contributed by atoms with van der Waals surface area (Å²) in [4.78, 5) is 1.19. The fraction of sp³-hybridized carbons (Fsp3) is 0.231. The molecule has 1 aromatic heterocycles. The molecule has 0 radical (unpaired) electrons. The quantitative estimate of drug-likeness (QED) is 0.852. The van der Waals surface area contributed by atoms with E-state index in [0.717, 1.165) is 4.88 Å². The van der Waals surface area contributed by atoms with Crippen LogP contribution in [0.1, 0.15) is 4.88 Å². The molecule has 0 fully saturated rings. The lowest BCUT2D eigenvalue weighted by Crippen LogP contribution is -2.26. The van der Waals surface area contributed by atoms with Gasteiger partial charge in [-0.05, 0) is 23.6 Å². The number of thiophene rings is 1. The highest BCUT2D eigenvalue weighted by Gasteiger charge is 2.24. The van der Waals surface area contributed by atoms with Crippen molar-refractivity contribution < 1.29 is 13.2 Å². The molecule has 0 amide bonds. The normalized spacial score (nSPS) is 11.7. The van der Waals surface area contributed by atoms with Gasteiger partial charge in [-0.2, -0.15) is 4.31 Å². The molecule has 2 aromatic rings. The summed E-state index contributed by atoms with van der Waals surface area (Å²) in [5, 5.41) is 1.93. The first-order valence-electron chi connectivity index (χ1n) is 5.67. The zero-order valence-corrected chi connectivity index (χ0v) is 12.4. The van der Waals surface area contributed by atoms with Crippen molar-refractivity contribution in [2.24, 2.45) is 0 Å². The average molecular weight is 297 g/mol. The molecule has 0 N–H and O–H groups in total. The van der Waals surface area contributed by atoms with Gasteiger partial charge in [-0.1, -0.05) is 18.2 Å². The van der Waals surface area contributed by atoms with Crippen LogP contribution >= 0.6 is 11.3 Å². The Labute approximate surface area is 117 Å². The molecule has 6 heteroatoms. The second-order valence-corrected chi connectivity index (χ2v) is 7.04. The van der Waals surface area contributed by atoms with Gasteiger partial charge in [0.1, 0.15) is 10.6 Å². The lowest BCUT2D eigenvalue weighted by Gasteiger charge is -2.18. The first-order valence-corrected chi connectivity index (χ1v) is 7.99. The van der Waals surface area contributed by atoms with Crippen molar-refractivity contribution in [1.29, 1.82) is 0 Å². The highest BCUT2D eigenvalue weighted by atomic mass is 32.2. The van der Waals surface area contributed by atoms with Crippen molar-refractivity contribution in [3.05, 3.63) is 46.7 Å². The van der Waals surface area contributed by atoms with Crippen LogP contribution in [-0.2, 0) is 16.6 Å². The van der Waals surface area contributed by atoms with Crippen molar-refractivity contribution in [2.45, 2.75) is 11.4 Å². The van der Waals surface area contributed by atoms with Crippen molar-refractivity contribution in [1.82, 2.24) is 4.31 Å². The van der Waals surface area contributed by atoms with E-state index in [1.54, 1.807) is 31.3 Å². The summed E-state index contributed by atoms with van der Waals surface area (Å²) in [7, 11) is -0.506. The van der Waals surface area contributed by atoms with Crippen LogP contribution in [-0.4, -0.2) is 26.9 Å². The maximum Gasteiger partial charge on any atom is 0.246 e. The third-order valence-corrected chi connectivity index (χ3v) is 5.42. The third-order valence-electron chi connectivity index (χ3n) is 2.72. The van der Waals surface area contributed by atoms with Crippen LogP contribution in [0, 0.1) is 0 Å². The van der Waals surface area contributed by atoms with Gasteiger partial charge < -0.3 is 4.74 Å². The standard InChI is InChI=1S/C13H15NO3S2/c1-14(10-11-6-5-9-18-11)19(15,16)13-8-4-3-7-12(13)17-2/h3-9H,10H2,1-2H3. The van der Waals surface area contributed by atoms with E-state index in [1.807, 2.05) is 17.5 Å². The van der Waals surface area contributed by atoms with Crippen LogP contribution in [0.4, 0.5) is 0 Å². The molecule has 2 rings (SSSR count). The van der Waals surface area contributed by atoms with Gasteiger partial charge in [0.05, 0.1) is 7.11 Å². The molecule has 19 heavy (non-hydrogen) atoms. The number of methoxy groups -OCH3 is 1. The zero-order valence-electron chi connectivity index (χ0n) is 10.7. The van der Waals surface area contributed by atoms with Gasteiger partial charge in [-0.25, -0.2) is 8.42 Å². The highest BCUT2D eigenvalue weighted by molar-refractivity contribution is 7.89. The number of hydrogen-bond acceptors (Lipinski definition) is 4. The van der Waals surface area contributed by atoms with Crippen LogP contribution < -0.4 is 4.74 Å². The predicted octanol–water partition coefficient (Wildman–Crippen LogP) is 2.58. The SMILES string of the molecule is COc1ccccc1S(=O)(=O)N(C)Cc1cccs1. The Morgan fingerprint density at radius 1 is 1.21 bits per heavy atom. The Morgan fingerprint density at radius 3 is 2.58 bits per heavy atom. The van der Waals surface area contributed by atoms with Gasteiger partial charge in [-0.15, -0.1) is 11.3 Å². The fourth-order valence-corrected chi connectivity index (χ4v) is 3.85. The van der Waals surface area contributed by atoms with E-state index in [0.29, 0.717) is 12.3 Å². The summed E-state index contributed by atoms with van der Waals surface area (Å²) >= 11 is 1.54. The first-order chi connectivity index (χ1) is 9.05. The smallest absolute Gasteiger partial charge is 0.246 e. The van der Waals surface area contributed by atoms with Gasteiger partial charge in [0, 0.05) is 18.5 Å². The summed E-state index contributed by atoms with van der Waals surface area (Å²) < 4.78 is 31.4. The Morgan fingerprint density at radius 2 is 1.95 bits per heavy atom. The molecule has 0 aliphatic heterocycles. The van der Waals surface area contributed by atoms with Crippen molar-refractivity contribution in [3.8, 4) is 5.75 Å². The van der Waals surface area contributed by atoms with Gasteiger partial charge in [-0.3, -0.25) is 0 Å². The van der Waals surface area contributed by atoms with Crippen molar-refractivity contribution >= 4 is 21.4 Å². The molecule has 1 aromatic carbocycles. The molecule has 4 nitrogen and oxygen atoms in total. The van der Waals surface area contributed by atoms with Gasteiger partial charge >= 0.3 is 0 Å². The molecule has 0 aliphatic rings. The van der Waals surface area contributed by atoms with Crippen molar-refractivity contribution in [3.63, 3.8) is 0 Å². The van der Waals surface area contributed by atoms with Crippen LogP contribution in [0.5, 0.6) is 5.75 Å². The summed E-state index contributed by atoms with van der Waals surface area (Å²) in [6, 6.07) is 10.5. The van der Waals surface area contributed by atoms with Crippen molar-refractivity contribution in [2.75, 3.05) is 14.2 Å². The molecule has 0 atom stereocenters. The summed E-state index contributed by atoms with van der Waals surface area (Å²) in [5.74, 6) is 0.362. The fourth-order valence-electron chi connectivity index (χ4n) is 1.71. The molecular formula is C13H15NO3S2. The monoisotopic (exact) mass is 297 g/mol. The highest BCUT2D eigenvalue weighted by Crippen LogP contribution is 2.26. The number of para-hydroxylation sites is 1. The number of hydrogen-bond donors (Lipinski definition) is 0. The van der Waals surface area contributed by atoms with Gasteiger partial charge in [0.2, 0.25) is 10.0 Å². The minimum absolute atomic E-state index is 0.191. The second-order valence-electron chi connectivity index (χ2n) is 3.99. The molecular weight excluding hydrogens is 282 g/mol. The lowest BCUT2D eigenvalue weighted by atomic mass is 10.3. The van der Waals surface area contributed by atoms with Crippen LogP contribution in [0.2, 0.25) is 0 Å². The first kappa shape index (κ1) is 14.0. The number of sulfonamides is 1. The van der Waals surface area contributed by atoms with Crippen LogP contribution in [0.25, 0.3) is 0 Å². The van der Waals surface area contributed by atoms with Gasteiger partial charge in [0.25, 0.3) is 0 Å². The zero-order chi connectivity index (χ0) is 13.9. The van der Waals surface area contributed by atoms with E-state index >= 15 is 0 Å². The summed E-state index contributed by atoms with van der Waals surface area (Å²) in [6.07, 6.45) is 0. The van der Waals surface area contributed by atoms with E-state index < -0.39 is 10.0 Å². The van der Waals surface area contributed by atoms with Crippen LogP contribution in [0.3, 0.4) is 0 Å². The minimum Gasteiger partial charge on any atom is -0.495 e. The molecule has 0 unspecified atom stereocenters. The third kappa shape index (κ3) is 2.97. The molecule has 0 spiro atoms. The number of ether oxygens (including phenoxy) is 1. The number of nitrogens with zero attached hydrogens (tertiary/aromatic N) is 1. The molecule has 0 bridgehead atoms. The topological polar surface area (TPSA) is 46.6 Å². The molecule has 0 saturated carbocycles. The largest absolute Gasteiger partial charge is 0.495 e. The Kier molecular flexibility index (Phi) is 4.24. The summed E-state index contributed by atoms with van der Waals surface area (Å²) in [6.45, 7) is 0.359. The van der Waals surface area contributed by atoms with E-state index in [2.05, 4.69) is 0 Å². The van der Waals surface area contributed by atoms with E-state index in [9.17, 15) is 8.42 Å². The lowest BCUT2D eigenvalue weighted by molar-refractivity contribution is 0.398. The Bertz CT molecular complexity index is 636. The minimum atomic E-state index is -3.54. The van der Waals surface area contributed by atoms with Gasteiger partial charge in [0.15, 0.2) is 0 Å². The number of rotatable bonds is 5. The predicted molar refractivity (Wildman–Crippen MR) is 76.0 cm³/mol. The molecule has 1 heterocycles. The summed E-state index contributed by atoms with van der Waals surface area (Å²) in [5.41, 5.74) is 0. The van der Waals surface area contributed by atoms with E-state index in [-0.39, 0.29) is 4.90 Å². The average Bonchev–Trinajstić information content (AvgIpc) is 2.91. The van der Waals surface area contributed by atoms with E-state index in [1.165, 1.54) is 22.8 Å². The Balaban J connectivity index is 2.31. The number of benzene rings is 1. The second kappa shape index (κ2) is 5.73. The molecule has 102 valence electrons. The molecule has 0 aliphatic carbocycles. The maximum atomic E-state index is 12.5.